The summed E-state index contributed by atoms with van der Waals surface area (Å²) in [7, 11) is 1.64. The number of ether oxygens (including phenoxy) is 2. The Balaban J connectivity index is 1.98. The van der Waals surface area contributed by atoms with Gasteiger partial charge in [0.25, 0.3) is 0 Å². The Kier molecular flexibility index (Phi) is 8.72. The minimum absolute atomic E-state index is 0.462. The number of methoxy groups -OCH3 is 1. The maximum Gasteiger partial charge on any atom is 0.218 e. The summed E-state index contributed by atoms with van der Waals surface area (Å²) in [5.41, 5.74) is 2.01. The number of nitrogens with zero attached hydrogens (tertiary/aromatic N) is 2. The minimum atomic E-state index is 0.462. The first-order valence-electron chi connectivity index (χ1n) is 8.55. The number of aliphatic imine (C=N–C) groups is 1. The molecule has 0 amide bonds. The number of hydrogen-bond acceptors (Lipinski definition) is 4. The van der Waals surface area contributed by atoms with Gasteiger partial charge in [-0.25, -0.2) is 9.98 Å². The predicted octanol–water partition coefficient (Wildman–Crippen LogP) is 3.02. The quantitative estimate of drug-likeness (QED) is 0.400. The molecule has 0 saturated heterocycles. The summed E-state index contributed by atoms with van der Waals surface area (Å²) >= 11 is 6.02. The first kappa shape index (κ1) is 20.0. The van der Waals surface area contributed by atoms with Gasteiger partial charge < -0.3 is 20.1 Å². The Morgan fingerprint density at radius 2 is 2.08 bits per heavy atom. The lowest BCUT2D eigenvalue weighted by Gasteiger charge is -2.14. The molecule has 0 fully saturated rings. The smallest absolute Gasteiger partial charge is 0.218 e. The summed E-state index contributed by atoms with van der Waals surface area (Å²) in [5.74, 6) is 1.32. The highest BCUT2D eigenvalue weighted by molar-refractivity contribution is 6.30. The Hall–Kier alpha value is -2.31. The Labute approximate surface area is 159 Å². The van der Waals surface area contributed by atoms with E-state index in [1.807, 2.05) is 43.3 Å². The van der Waals surface area contributed by atoms with Gasteiger partial charge in [-0.1, -0.05) is 29.8 Å². The fraction of sp³-hybridized carbons (Fsp3) is 0.368. The number of halogens is 1. The zero-order chi connectivity index (χ0) is 18.6. The molecule has 2 N–H and O–H groups in total. The second-order valence-electron chi connectivity index (χ2n) is 5.49. The first-order chi connectivity index (χ1) is 12.7. The van der Waals surface area contributed by atoms with Crippen LogP contribution in [0.15, 0.2) is 47.6 Å². The van der Waals surface area contributed by atoms with Crippen LogP contribution in [0.25, 0.3) is 0 Å². The third-order valence-electron chi connectivity index (χ3n) is 3.48. The van der Waals surface area contributed by atoms with Gasteiger partial charge in [0.1, 0.15) is 6.61 Å². The molecule has 1 heterocycles. The summed E-state index contributed by atoms with van der Waals surface area (Å²) in [4.78, 5) is 8.88. The SMILES string of the molecule is CCNC(=NCc1cccc(Cl)c1)NCc1cccnc1OCCOC. The molecular weight excluding hydrogens is 352 g/mol. The predicted molar refractivity (Wildman–Crippen MR) is 105 cm³/mol. The van der Waals surface area contributed by atoms with Crippen molar-refractivity contribution in [1.29, 1.82) is 0 Å². The summed E-state index contributed by atoms with van der Waals surface area (Å²) in [6.45, 7) is 4.87. The molecule has 1 aromatic carbocycles. The van der Waals surface area contributed by atoms with Gasteiger partial charge in [0.2, 0.25) is 5.88 Å². The van der Waals surface area contributed by atoms with Crippen LogP contribution in [-0.2, 0) is 17.8 Å². The maximum absolute atomic E-state index is 6.02. The number of nitrogens with one attached hydrogen (secondary N) is 2. The van der Waals surface area contributed by atoms with E-state index in [2.05, 4.69) is 20.6 Å². The van der Waals surface area contributed by atoms with Gasteiger partial charge in [-0.15, -0.1) is 0 Å². The minimum Gasteiger partial charge on any atom is -0.475 e. The highest BCUT2D eigenvalue weighted by atomic mass is 35.5. The Bertz CT molecular complexity index is 709. The molecule has 7 heteroatoms. The van der Waals surface area contributed by atoms with E-state index in [9.17, 15) is 0 Å². The number of aromatic nitrogens is 1. The lowest BCUT2D eigenvalue weighted by molar-refractivity contribution is 0.143. The van der Waals surface area contributed by atoms with Crippen molar-refractivity contribution < 1.29 is 9.47 Å². The van der Waals surface area contributed by atoms with Gasteiger partial charge in [-0.05, 0) is 30.7 Å². The molecule has 2 aromatic rings. The van der Waals surface area contributed by atoms with Crippen molar-refractivity contribution in [3.05, 3.63) is 58.7 Å². The van der Waals surface area contributed by atoms with Crippen molar-refractivity contribution in [3.8, 4) is 5.88 Å². The molecule has 6 nitrogen and oxygen atoms in total. The van der Waals surface area contributed by atoms with Crippen LogP contribution in [0, 0.1) is 0 Å². The summed E-state index contributed by atoms with van der Waals surface area (Å²) in [6.07, 6.45) is 1.71. The van der Waals surface area contributed by atoms with Crippen LogP contribution in [0.1, 0.15) is 18.1 Å². The van der Waals surface area contributed by atoms with Crippen molar-refractivity contribution in [1.82, 2.24) is 15.6 Å². The van der Waals surface area contributed by atoms with Crippen LogP contribution in [0.2, 0.25) is 5.02 Å². The number of guanidine groups is 1. The van der Waals surface area contributed by atoms with Gasteiger partial charge in [0.05, 0.1) is 13.2 Å². The summed E-state index contributed by atoms with van der Waals surface area (Å²) in [5, 5.41) is 7.25. The summed E-state index contributed by atoms with van der Waals surface area (Å²) < 4.78 is 10.7. The molecule has 0 aliphatic carbocycles. The molecular formula is C19H25ClN4O2. The Morgan fingerprint density at radius 1 is 1.19 bits per heavy atom. The highest BCUT2D eigenvalue weighted by Gasteiger charge is 2.06. The van der Waals surface area contributed by atoms with Gasteiger partial charge in [-0.3, -0.25) is 0 Å². The second kappa shape index (κ2) is 11.3. The molecule has 2 rings (SSSR count). The molecule has 0 aliphatic rings. The molecule has 0 aliphatic heterocycles. The molecule has 26 heavy (non-hydrogen) atoms. The molecule has 0 bridgehead atoms. The normalized spacial score (nSPS) is 11.3. The third kappa shape index (κ3) is 6.90. The van der Waals surface area contributed by atoms with Gasteiger partial charge in [-0.2, -0.15) is 0 Å². The fourth-order valence-corrected chi connectivity index (χ4v) is 2.45. The van der Waals surface area contributed by atoms with E-state index in [4.69, 9.17) is 21.1 Å². The van der Waals surface area contributed by atoms with Crippen LogP contribution in [-0.4, -0.2) is 37.8 Å². The van der Waals surface area contributed by atoms with Crippen molar-refractivity contribution in [2.24, 2.45) is 4.99 Å². The van der Waals surface area contributed by atoms with E-state index in [0.717, 1.165) is 23.6 Å². The lowest BCUT2D eigenvalue weighted by Crippen LogP contribution is -2.36. The van der Waals surface area contributed by atoms with E-state index in [1.165, 1.54) is 0 Å². The van der Waals surface area contributed by atoms with E-state index in [0.29, 0.717) is 37.2 Å². The monoisotopic (exact) mass is 376 g/mol. The summed E-state index contributed by atoms with van der Waals surface area (Å²) in [6, 6.07) is 11.6. The van der Waals surface area contributed by atoms with Gasteiger partial charge in [0, 0.05) is 37.0 Å². The number of pyridine rings is 1. The van der Waals surface area contributed by atoms with Crippen molar-refractivity contribution in [3.63, 3.8) is 0 Å². The number of benzene rings is 1. The van der Waals surface area contributed by atoms with Crippen LogP contribution < -0.4 is 15.4 Å². The average molecular weight is 377 g/mol. The molecule has 140 valence electrons. The second-order valence-corrected chi connectivity index (χ2v) is 5.92. The van der Waals surface area contributed by atoms with Gasteiger partial charge in [0.15, 0.2) is 5.96 Å². The largest absolute Gasteiger partial charge is 0.475 e. The van der Waals surface area contributed by atoms with Crippen molar-refractivity contribution in [2.75, 3.05) is 26.9 Å². The lowest BCUT2D eigenvalue weighted by atomic mass is 10.2. The number of rotatable bonds is 9. The molecule has 1 aromatic heterocycles. The van der Waals surface area contributed by atoms with E-state index >= 15 is 0 Å². The van der Waals surface area contributed by atoms with E-state index in [-0.39, 0.29) is 0 Å². The first-order valence-corrected chi connectivity index (χ1v) is 8.93. The zero-order valence-corrected chi connectivity index (χ0v) is 15.9. The van der Waals surface area contributed by atoms with Crippen LogP contribution in [0.5, 0.6) is 5.88 Å². The molecule has 0 unspecified atom stereocenters. The molecule has 0 saturated carbocycles. The van der Waals surface area contributed by atoms with Gasteiger partial charge >= 0.3 is 0 Å². The van der Waals surface area contributed by atoms with Crippen molar-refractivity contribution in [2.45, 2.75) is 20.0 Å². The molecule has 0 atom stereocenters. The molecule has 0 spiro atoms. The van der Waals surface area contributed by atoms with Crippen LogP contribution >= 0.6 is 11.6 Å². The topological polar surface area (TPSA) is 67.8 Å². The highest BCUT2D eigenvalue weighted by Crippen LogP contribution is 2.14. The zero-order valence-electron chi connectivity index (χ0n) is 15.2. The van der Waals surface area contributed by atoms with E-state index in [1.54, 1.807) is 13.3 Å². The standard InChI is InChI=1S/C19H25ClN4O2/c1-3-21-19(23-13-15-6-4-8-17(20)12-15)24-14-16-7-5-9-22-18(16)26-11-10-25-2/h4-9,12H,3,10-11,13-14H2,1-2H3,(H2,21,23,24). The fourth-order valence-electron chi connectivity index (χ4n) is 2.24. The maximum atomic E-state index is 6.02. The van der Waals surface area contributed by atoms with Crippen LogP contribution in [0.3, 0.4) is 0 Å². The van der Waals surface area contributed by atoms with Crippen molar-refractivity contribution >= 4 is 17.6 Å². The van der Waals surface area contributed by atoms with Crippen LogP contribution in [0.4, 0.5) is 0 Å². The Morgan fingerprint density at radius 3 is 2.85 bits per heavy atom. The van der Waals surface area contributed by atoms with E-state index < -0.39 is 0 Å². The molecule has 0 radical (unpaired) electrons. The average Bonchev–Trinajstić information content (AvgIpc) is 2.65. The number of hydrogen-bond donors (Lipinski definition) is 2. The third-order valence-corrected chi connectivity index (χ3v) is 3.71.